The number of hydrogen-bond acceptors (Lipinski definition) is 5. The van der Waals surface area contributed by atoms with Crippen molar-refractivity contribution in [3.05, 3.63) is 0 Å². The Morgan fingerprint density at radius 2 is 1.66 bits per heavy atom. The summed E-state index contributed by atoms with van der Waals surface area (Å²) in [6.45, 7) is 5.52. The van der Waals surface area contributed by atoms with E-state index in [0.29, 0.717) is 24.5 Å². The summed E-state index contributed by atoms with van der Waals surface area (Å²) in [6, 6.07) is 0.183. The molecule has 3 atom stereocenters. The lowest BCUT2D eigenvalue weighted by atomic mass is 9.77. The number of ether oxygens (including phenoxy) is 2. The summed E-state index contributed by atoms with van der Waals surface area (Å²) >= 11 is 0. The molecular weight excluding hydrogens is 442 g/mol. The summed E-state index contributed by atoms with van der Waals surface area (Å²) in [7, 11) is 1.80. The van der Waals surface area contributed by atoms with Crippen molar-refractivity contribution >= 4 is 17.7 Å². The lowest BCUT2D eigenvalue weighted by Gasteiger charge is -2.42. The van der Waals surface area contributed by atoms with Crippen molar-refractivity contribution in [2.24, 2.45) is 28.7 Å². The average molecular weight is 490 g/mol. The summed E-state index contributed by atoms with van der Waals surface area (Å²) in [6.07, 6.45) is 13.6. The molecule has 1 N–H and O–H groups in total. The van der Waals surface area contributed by atoms with E-state index in [-0.39, 0.29) is 23.8 Å². The van der Waals surface area contributed by atoms with Crippen LogP contribution in [0.15, 0.2) is 4.99 Å². The standard InChI is InChI=1S/C28H47N3O4/c1-19(2)25-23-11-7-8-12-24(23)31(17-20-13-15-22(34-3)16-14-20)27(32)26(29-25)30-28(33)35-18-21-9-5-4-6-10-21/h19-24,26H,4-18H2,1-3H3,(H,30,33). The van der Waals surface area contributed by atoms with E-state index < -0.39 is 12.3 Å². The van der Waals surface area contributed by atoms with Crippen molar-refractivity contribution in [2.75, 3.05) is 20.3 Å². The average Bonchev–Trinajstić information content (AvgIpc) is 2.99. The molecule has 1 aliphatic heterocycles. The third-order valence-corrected chi connectivity index (χ3v) is 8.91. The van der Waals surface area contributed by atoms with Gasteiger partial charge in [-0.05, 0) is 69.1 Å². The molecule has 0 spiro atoms. The summed E-state index contributed by atoms with van der Waals surface area (Å²) in [5.74, 6) is 1.39. The molecule has 7 heteroatoms. The van der Waals surface area contributed by atoms with Gasteiger partial charge in [-0.25, -0.2) is 4.79 Å². The Morgan fingerprint density at radius 1 is 0.971 bits per heavy atom. The van der Waals surface area contributed by atoms with Crippen LogP contribution < -0.4 is 5.32 Å². The molecule has 0 bridgehead atoms. The van der Waals surface area contributed by atoms with Crippen molar-refractivity contribution in [3.63, 3.8) is 0 Å². The van der Waals surface area contributed by atoms with Crippen molar-refractivity contribution in [3.8, 4) is 0 Å². The molecule has 198 valence electrons. The summed E-state index contributed by atoms with van der Waals surface area (Å²) in [5, 5.41) is 2.87. The van der Waals surface area contributed by atoms with Gasteiger partial charge in [-0.15, -0.1) is 0 Å². The van der Waals surface area contributed by atoms with E-state index in [1.54, 1.807) is 7.11 Å². The summed E-state index contributed by atoms with van der Waals surface area (Å²) in [4.78, 5) is 33.8. The maximum atomic E-state index is 13.9. The largest absolute Gasteiger partial charge is 0.449 e. The van der Waals surface area contributed by atoms with Crippen LogP contribution in [0.25, 0.3) is 0 Å². The molecule has 35 heavy (non-hydrogen) atoms. The van der Waals surface area contributed by atoms with E-state index in [9.17, 15) is 9.59 Å². The van der Waals surface area contributed by atoms with Crippen LogP contribution in [0.1, 0.15) is 97.3 Å². The fourth-order valence-corrected chi connectivity index (χ4v) is 6.88. The second kappa shape index (κ2) is 12.6. The monoisotopic (exact) mass is 489 g/mol. The first kappa shape index (κ1) is 26.4. The molecule has 0 aromatic carbocycles. The SMILES string of the molecule is COC1CCC(CN2C(=O)C(NC(=O)OCC3CCCCC3)N=C(C(C)C)C3CCCCC32)CC1. The number of methoxy groups -OCH3 is 1. The highest BCUT2D eigenvalue weighted by molar-refractivity contribution is 5.96. The van der Waals surface area contributed by atoms with Crippen molar-refractivity contribution < 1.29 is 19.1 Å². The number of nitrogens with one attached hydrogen (secondary N) is 1. The highest BCUT2D eigenvalue weighted by Crippen LogP contribution is 2.36. The molecule has 0 saturated heterocycles. The van der Waals surface area contributed by atoms with Gasteiger partial charge in [-0.3, -0.25) is 15.1 Å². The van der Waals surface area contributed by atoms with Crippen LogP contribution in [0.5, 0.6) is 0 Å². The van der Waals surface area contributed by atoms with Crippen LogP contribution in [0, 0.1) is 23.7 Å². The van der Waals surface area contributed by atoms with Gasteiger partial charge in [0, 0.05) is 31.3 Å². The van der Waals surface area contributed by atoms with Gasteiger partial charge >= 0.3 is 6.09 Å². The van der Waals surface area contributed by atoms with Gasteiger partial charge in [0.05, 0.1) is 12.7 Å². The highest BCUT2D eigenvalue weighted by atomic mass is 16.5. The minimum absolute atomic E-state index is 0.0546. The summed E-state index contributed by atoms with van der Waals surface area (Å²) < 4.78 is 11.2. The first-order valence-electron chi connectivity index (χ1n) is 14.3. The van der Waals surface area contributed by atoms with Crippen LogP contribution in [0.2, 0.25) is 0 Å². The number of fused-ring (bicyclic) bond motifs is 1. The van der Waals surface area contributed by atoms with Crippen LogP contribution in [-0.2, 0) is 14.3 Å². The number of carbonyl (C=O) groups is 2. The quantitative estimate of drug-likeness (QED) is 0.525. The molecule has 1 heterocycles. The number of alkyl carbamates (subject to hydrolysis) is 1. The lowest BCUT2D eigenvalue weighted by molar-refractivity contribution is -0.137. The Labute approximate surface area is 211 Å². The fourth-order valence-electron chi connectivity index (χ4n) is 6.88. The van der Waals surface area contributed by atoms with Gasteiger partial charge in [0.1, 0.15) is 0 Å². The Kier molecular flexibility index (Phi) is 9.48. The first-order valence-corrected chi connectivity index (χ1v) is 14.3. The van der Waals surface area contributed by atoms with Crippen LogP contribution in [-0.4, -0.2) is 61.2 Å². The van der Waals surface area contributed by atoms with Crippen molar-refractivity contribution in [1.29, 1.82) is 0 Å². The molecule has 0 aromatic rings. The van der Waals surface area contributed by atoms with E-state index in [0.717, 1.165) is 70.0 Å². The summed E-state index contributed by atoms with van der Waals surface area (Å²) in [5.41, 5.74) is 1.09. The number of amides is 2. The highest BCUT2D eigenvalue weighted by Gasteiger charge is 2.43. The van der Waals surface area contributed by atoms with Gasteiger partial charge in [0.2, 0.25) is 6.17 Å². The van der Waals surface area contributed by atoms with E-state index in [1.807, 2.05) is 0 Å². The number of rotatable bonds is 7. The van der Waals surface area contributed by atoms with Crippen molar-refractivity contribution in [1.82, 2.24) is 10.2 Å². The number of nitrogens with zero attached hydrogens (tertiary/aromatic N) is 2. The number of carbonyl (C=O) groups excluding carboxylic acids is 2. The zero-order valence-electron chi connectivity index (χ0n) is 22.2. The Hall–Kier alpha value is -1.63. The zero-order chi connectivity index (χ0) is 24.8. The maximum Gasteiger partial charge on any atom is 0.409 e. The van der Waals surface area contributed by atoms with Gasteiger partial charge in [-0.1, -0.05) is 46.0 Å². The molecule has 4 aliphatic rings. The predicted octanol–water partition coefficient (Wildman–Crippen LogP) is 5.32. The molecule has 4 rings (SSSR count). The van der Waals surface area contributed by atoms with Gasteiger partial charge in [0.15, 0.2) is 0 Å². The molecule has 3 aliphatic carbocycles. The molecule has 0 radical (unpaired) electrons. The predicted molar refractivity (Wildman–Crippen MR) is 137 cm³/mol. The second-order valence-corrected chi connectivity index (χ2v) is 11.7. The van der Waals surface area contributed by atoms with Gasteiger partial charge < -0.3 is 14.4 Å². The lowest BCUT2D eigenvalue weighted by Crippen LogP contribution is -2.53. The fraction of sp³-hybridized carbons (Fsp3) is 0.893. The van der Waals surface area contributed by atoms with E-state index >= 15 is 0 Å². The van der Waals surface area contributed by atoms with E-state index in [2.05, 4.69) is 24.1 Å². The van der Waals surface area contributed by atoms with Crippen LogP contribution in [0.4, 0.5) is 4.79 Å². The third-order valence-electron chi connectivity index (χ3n) is 8.91. The molecule has 3 fully saturated rings. The molecule has 3 unspecified atom stereocenters. The number of aliphatic imine (C=N–C) groups is 1. The minimum atomic E-state index is -0.882. The van der Waals surface area contributed by atoms with Gasteiger partial charge in [-0.2, -0.15) is 0 Å². The van der Waals surface area contributed by atoms with Crippen LogP contribution in [0.3, 0.4) is 0 Å². The third kappa shape index (κ3) is 6.78. The second-order valence-electron chi connectivity index (χ2n) is 11.7. The Balaban J connectivity index is 1.48. The Morgan fingerprint density at radius 3 is 2.34 bits per heavy atom. The molecule has 2 amide bonds. The van der Waals surface area contributed by atoms with E-state index in [4.69, 9.17) is 14.5 Å². The molecular formula is C28H47N3O4. The molecule has 7 nitrogen and oxygen atoms in total. The van der Waals surface area contributed by atoms with Crippen LogP contribution >= 0.6 is 0 Å². The van der Waals surface area contributed by atoms with Gasteiger partial charge in [0.25, 0.3) is 5.91 Å². The Bertz CT molecular complexity index is 740. The molecule has 0 aromatic heterocycles. The minimum Gasteiger partial charge on any atom is -0.449 e. The first-order chi connectivity index (χ1) is 17.0. The smallest absolute Gasteiger partial charge is 0.409 e. The maximum absolute atomic E-state index is 13.9. The van der Waals surface area contributed by atoms with E-state index in [1.165, 1.54) is 25.7 Å². The zero-order valence-corrected chi connectivity index (χ0v) is 22.2. The number of hydrogen-bond donors (Lipinski definition) is 1. The van der Waals surface area contributed by atoms with Crippen molar-refractivity contribution in [2.45, 2.75) is 116 Å². The normalized spacial score (nSPS) is 32.6. The topological polar surface area (TPSA) is 80.2 Å². The molecule has 3 saturated carbocycles.